The van der Waals surface area contributed by atoms with Crippen LogP contribution < -0.4 is 5.32 Å². The third kappa shape index (κ3) is 3.19. The summed E-state index contributed by atoms with van der Waals surface area (Å²) in [6.07, 6.45) is 5.12. The molecule has 0 spiro atoms. The molecule has 1 heterocycles. The van der Waals surface area contributed by atoms with Crippen LogP contribution >= 0.6 is 0 Å². The van der Waals surface area contributed by atoms with Crippen molar-refractivity contribution in [3.05, 3.63) is 17.8 Å². The molecule has 1 aliphatic rings. The number of nitriles is 1. The van der Waals surface area contributed by atoms with E-state index >= 15 is 0 Å². The maximum absolute atomic E-state index is 11.2. The molecule has 2 rings (SSSR count). The molecule has 100 valence electrons. The van der Waals surface area contributed by atoms with Crippen LogP contribution in [0.1, 0.15) is 31.2 Å². The maximum atomic E-state index is 11.2. The Morgan fingerprint density at radius 2 is 2.32 bits per heavy atom. The molecule has 19 heavy (non-hydrogen) atoms. The number of aromatic nitrogens is 2. The van der Waals surface area contributed by atoms with Gasteiger partial charge >= 0.3 is 5.97 Å². The summed E-state index contributed by atoms with van der Waals surface area (Å²) in [5.74, 6) is -0.519. The van der Waals surface area contributed by atoms with Crippen molar-refractivity contribution in [3.8, 4) is 6.07 Å². The monoisotopic (exact) mass is 260 g/mol. The Bertz CT molecular complexity index is 498. The highest BCUT2D eigenvalue weighted by molar-refractivity contribution is 5.70. The van der Waals surface area contributed by atoms with Gasteiger partial charge in [-0.15, -0.1) is 5.10 Å². The Kier molecular flexibility index (Phi) is 4.29. The van der Waals surface area contributed by atoms with Crippen molar-refractivity contribution in [1.29, 1.82) is 5.26 Å². The van der Waals surface area contributed by atoms with Crippen LogP contribution in [0.3, 0.4) is 0 Å². The number of rotatable bonds is 4. The van der Waals surface area contributed by atoms with Gasteiger partial charge in [0.15, 0.2) is 5.82 Å². The number of nitrogens with one attached hydrogen (secondary N) is 1. The molecule has 1 aliphatic carbocycles. The van der Waals surface area contributed by atoms with Crippen molar-refractivity contribution < 1.29 is 9.90 Å². The van der Waals surface area contributed by atoms with Gasteiger partial charge in [0.1, 0.15) is 6.07 Å². The van der Waals surface area contributed by atoms with E-state index in [1.807, 2.05) is 6.07 Å². The zero-order valence-corrected chi connectivity index (χ0v) is 10.5. The highest BCUT2D eigenvalue weighted by atomic mass is 16.4. The number of aliphatic carboxylic acids is 1. The largest absolute Gasteiger partial charge is 0.481 e. The zero-order chi connectivity index (χ0) is 13.7. The van der Waals surface area contributed by atoms with E-state index in [0.717, 1.165) is 25.7 Å². The van der Waals surface area contributed by atoms with E-state index < -0.39 is 5.97 Å². The second-order valence-corrected chi connectivity index (χ2v) is 4.78. The van der Waals surface area contributed by atoms with E-state index in [9.17, 15) is 9.90 Å². The molecule has 0 amide bonds. The molecule has 2 unspecified atom stereocenters. The fourth-order valence-electron chi connectivity index (χ4n) is 2.56. The first-order valence-electron chi connectivity index (χ1n) is 6.41. The zero-order valence-electron chi connectivity index (χ0n) is 10.5. The molecule has 0 bridgehead atoms. The molecule has 6 nitrogen and oxygen atoms in total. The lowest BCUT2D eigenvalue weighted by Crippen LogP contribution is -2.32. The van der Waals surface area contributed by atoms with E-state index in [-0.39, 0.29) is 11.8 Å². The van der Waals surface area contributed by atoms with Crippen LogP contribution in [0.2, 0.25) is 0 Å². The van der Waals surface area contributed by atoms with Gasteiger partial charge in [-0.25, -0.2) is 0 Å². The molecule has 6 heteroatoms. The van der Waals surface area contributed by atoms with Gasteiger partial charge in [0.05, 0.1) is 17.7 Å². The van der Waals surface area contributed by atoms with Crippen molar-refractivity contribution in [1.82, 2.24) is 10.2 Å². The number of carbonyl (C=O) groups is 1. The number of carboxylic acids is 1. The average molecular weight is 260 g/mol. The second-order valence-electron chi connectivity index (χ2n) is 4.78. The third-order valence-electron chi connectivity index (χ3n) is 3.60. The molecule has 1 fully saturated rings. The fourth-order valence-corrected chi connectivity index (χ4v) is 2.56. The molecule has 0 aliphatic heterocycles. The fraction of sp³-hybridized carbons (Fsp3) is 0.538. The smallest absolute Gasteiger partial charge is 0.306 e. The summed E-state index contributed by atoms with van der Waals surface area (Å²) in [6.45, 7) is 0.518. The first-order chi connectivity index (χ1) is 9.22. The number of hydrogen-bond donors (Lipinski definition) is 2. The van der Waals surface area contributed by atoms with Crippen LogP contribution in [0.15, 0.2) is 12.3 Å². The number of carboxylic acid groups (broad SMARTS) is 1. The van der Waals surface area contributed by atoms with Crippen LogP contribution in [0.4, 0.5) is 5.82 Å². The number of hydrogen-bond acceptors (Lipinski definition) is 5. The van der Waals surface area contributed by atoms with Gasteiger partial charge in [-0.1, -0.05) is 12.8 Å². The molecule has 0 saturated heterocycles. The predicted molar refractivity (Wildman–Crippen MR) is 68.3 cm³/mol. The summed E-state index contributed by atoms with van der Waals surface area (Å²) in [5.41, 5.74) is 0.428. The normalized spacial score (nSPS) is 22.5. The summed E-state index contributed by atoms with van der Waals surface area (Å²) in [7, 11) is 0. The summed E-state index contributed by atoms with van der Waals surface area (Å²) < 4.78 is 0. The molecule has 2 N–H and O–H groups in total. The molecule has 1 aromatic heterocycles. The van der Waals surface area contributed by atoms with Gasteiger partial charge in [-0.2, -0.15) is 10.4 Å². The van der Waals surface area contributed by atoms with Gasteiger partial charge in [0, 0.05) is 6.54 Å². The average Bonchev–Trinajstić information content (AvgIpc) is 2.45. The summed E-state index contributed by atoms with van der Waals surface area (Å²) in [6, 6.07) is 3.62. The molecule has 0 aromatic carbocycles. The minimum atomic E-state index is -0.730. The molecular formula is C13H16N4O2. The Balaban J connectivity index is 2.01. The summed E-state index contributed by atoms with van der Waals surface area (Å²) in [5, 5.41) is 28.8. The Labute approximate surface area is 111 Å². The second kappa shape index (κ2) is 6.14. The quantitative estimate of drug-likeness (QED) is 0.854. The predicted octanol–water partition coefficient (Wildman–Crippen LogP) is 1.65. The molecule has 2 atom stereocenters. The van der Waals surface area contributed by atoms with Crippen LogP contribution in [0, 0.1) is 23.2 Å². The van der Waals surface area contributed by atoms with E-state index in [1.165, 1.54) is 6.20 Å². The molecule has 1 aromatic rings. The topological polar surface area (TPSA) is 98.9 Å². The first kappa shape index (κ1) is 13.3. The molecule has 1 saturated carbocycles. The summed E-state index contributed by atoms with van der Waals surface area (Å²) in [4.78, 5) is 11.2. The lowest BCUT2D eigenvalue weighted by atomic mass is 9.79. The van der Waals surface area contributed by atoms with Crippen LogP contribution in [-0.2, 0) is 4.79 Å². The van der Waals surface area contributed by atoms with Gasteiger partial charge in [-0.3, -0.25) is 4.79 Å². The number of nitrogens with zero attached hydrogens (tertiary/aromatic N) is 3. The van der Waals surface area contributed by atoms with Crippen molar-refractivity contribution >= 4 is 11.8 Å². The van der Waals surface area contributed by atoms with Gasteiger partial charge in [0.2, 0.25) is 0 Å². The first-order valence-corrected chi connectivity index (χ1v) is 6.41. The lowest BCUT2D eigenvalue weighted by molar-refractivity contribution is -0.144. The van der Waals surface area contributed by atoms with Crippen molar-refractivity contribution in [2.45, 2.75) is 25.7 Å². The Morgan fingerprint density at radius 3 is 3.05 bits per heavy atom. The Morgan fingerprint density at radius 1 is 1.53 bits per heavy atom. The van der Waals surface area contributed by atoms with Crippen LogP contribution in [0.25, 0.3) is 0 Å². The molecule has 0 radical (unpaired) electrons. The van der Waals surface area contributed by atoms with E-state index in [2.05, 4.69) is 15.5 Å². The minimum Gasteiger partial charge on any atom is -0.481 e. The van der Waals surface area contributed by atoms with Gasteiger partial charge in [-0.05, 0) is 24.8 Å². The maximum Gasteiger partial charge on any atom is 0.306 e. The van der Waals surface area contributed by atoms with Crippen LogP contribution in [0.5, 0.6) is 0 Å². The Hall–Kier alpha value is -2.16. The highest BCUT2D eigenvalue weighted by Crippen LogP contribution is 2.30. The van der Waals surface area contributed by atoms with E-state index in [4.69, 9.17) is 5.26 Å². The van der Waals surface area contributed by atoms with Crippen molar-refractivity contribution in [3.63, 3.8) is 0 Å². The number of anilines is 1. The van der Waals surface area contributed by atoms with Crippen LogP contribution in [-0.4, -0.2) is 27.8 Å². The van der Waals surface area contributed by atoms with E-state index in [1.54, 1.807) is 6.07 Å². The van der Waals surface area contributed by atoms with Gasteiger partial charge < -0.3 is 10.4 Å². The lowest BCUT2D eigenvalue weighted by Gasteiger charge is -2.28. The van der Waals surface area contributed by atoms with Crippen molar-refractivity contribution in [2.24, 2.45) is 11.8 Å². The van der Waals surface area contributed by atoms with Gasteiger partial charge in [0.25, 0.3) is 0 Å². The SMILES string of the molecule is N#Cc1ccnnc1NCC1CCCCC1C(=O)O. The summed E-state index contributed by atoms with van der Waals surface area (Å²) >= 11 is 0. The minimum absolute atomic E-state index is 0.0831. The van der Waals surface area contributed by atoms with Crippen molar-refractivity contribution in [2.75, 3.05) is 11.9 Å². The molecular weight excluding hydrogens is 244 g/mol. The van der Waals surface area contributed by atoms with E-state index in [0.29, 0.717) is 17.9 Å². The highest BCUT2D eigenvalue weighted by Gasteiger charge is 2.30. The standard InChI is InChI=1S/C13H16N4O2/c14-7-9-5-6-16-17-12(9)15-8-10-3-1-2-4-11(10)13(18)19/h5-6,10-11H,1-4,8H2,(H,15,17)(H,18,19). The third-order valence-corrected chi connectivity index (χ3v) is 3.60.